The van der Waals surface area contributed by atoms with Gasteiger partial charge in [0.1, 0.15) is 5.82 Å². The molecule has 1 aliphatic heterocycles. The maximum Gasteiger partial charge on any atom is 0.291 e. The van der Waals surface area contributed by atoms with Crippen molar-refractivity contribution in [3.05, 3.63) is 11.6 Å². The summed E-state index contributed by atoms with van der Waals surface area (Å²) in [6.07, 6.45) is 2.78. The van der Waals surface area contributed by atoms with Gasteiger partial charge >= 0.3 is 0 Å². The second kappa shape index (κ2) is 5.07. The number of amides is 1. The van der Waals surface area contributed by atoms with Crippen LogP contribution in [0.4, 0.5) is 0 Å². The first-order chi connectivity index (χ1) is 7.79. The molecule has 0 spiro atoms. The fourth-order valence-electron chi connectivity index (χ4n) is 1.77. The van der Waals surface area contributed by atoms with Crippen molar-refractivity contribution in [3.8, 4) is 0 Å². The van der Waals surface area contributed by atoms with Crippen molar-refractivity contribution in [2.75, 3.05) is 13.1 Å². The van der Waals surface area contributed by atoms with Gasteiger partial charge in [-0.3, -0.25) is 9.89 Å². The maximum atomic E-state index is 11.7. The van der Waals surface area contributed by atoms with E-state index in [1.165, 1.54) is 0 Å². The van der Waals surface area contributed by atoms with E-state index in [0.29, 0.717) is 0 Å². The average Bonchev–Trinajstić information content (AvgIpc) is 2.89. The van der Waals surface area contributed by atoms with Crippen LogP contribution in [0.15, 0.2) is 0 Å². The van der Waals surface area contributed by atoms with E-state index in [1.807, 2.05) is 0 Å². The molecule has 0 aliphatic carbocycles. The minimum absolute atomic E-state index is 0.188. The SMILES string of the molecule is CCCc1nc(C(=O)N[C@@H]2CCNC2)n[nH]1. The first-order valence-electron chi connectivity index (χ1n) is 5.72. The van der Waals surface area contributed by atoms with Crippen molar-refractivity contribution in [1.82, 2.24) is 25.8 Å². The van der Waals surface area contributed by atoms with Gasteiger partial charge in [0, 0.05) is 19.0 Å². The van der Waals surface area contributed by atoms with E-state index in [0.717, 1.165) is 38.2 Å². The number of aryl methyl sites for hydroxylation is 1. The Balaban J connectivity index is 1.91. The van der Waals surface area contributed by atoms with Gasteiger partial charge < -0.3 is 10.6 Å². The summed E-state index contributed by atoms with van der Waals surface area (Å²) in [5.41, 5.74) is 0. The van der Waals surface area contributed by atoms with Crippen LogP contribution in [0, 0.1) is 0 Å². The molecule has 2 heterocycles. The molecule has 0 radical (unpaired) electrons. The van der Waals surface area contributed by atoms with Crippen LogP contribution in [0.25, 0.3) is 0 Å². The molecule has 1 saturated heterocycles. The molecule has 0 saturated carbocycles. The summed E-state index contributed by atoms with van der Waals surface area (Å²) in [6.45, 7) is 3.85. The van der Waals surface area contributed by atoms with Gasteiger partial charge in [0.25, 0.3) is 5.91 Å². The average molecular weight is 223 g/mol. The molecule has 1 aromatic heterocycles. The molecule has 1 aliphatic rings. The number of aromatic nitrogens is 3. The van der Waals surface area contributed by atoms with Gasteiger partial charge in [-0.05, 0) is 19.4 Å². The molecule has 6 heteroatoms. The summed E-state index contributed by atoms with van der Waals surface area (Å²) in [7, 11) is 0. The van der Waals surface area contributed by atoms with Gasteiger partial charge in [-0.25, -0.2) is 4.98 Å². The zero-order valence-electron chi connectivity index (χ0n) is 9.42. The van der Waals surface area contributed by atoms with Crippen LogP contribution < -0.4 is 10.6 Å². The summed E-state index contributed by atoms with van der Waals surface area (Å²) >= 11 is 0. The fourth-order valence-corrected chi connectivity index (χ4v) is 1.77. The third-order valence-corrected chi connectivity index (χ3v) is 2.62. The molecule has 1 atom stereocenters. The second-order valence-electron chi connectivity index (χ2n) is 4.02. The standard InChI is InChI=1S/C10H17N5O/c1-2-3-8-13-9(15-14-8)10(16)12-7-4-5-11-6-7/h7,11H,2-6H2,1H3,(H,12,16)(H,13,14,15)/t7-/m1/s1. The van der Waals surface area contributed by atoms with Crippen LogP contribution in [-0.2, 0) is 6.42 Å². The topological polar surface area (TPSA) is 82.7 Å². The van der Waals surface area contributed by atoms with Crippen LogP contribution >= 0.6 is 0 Å². The van der Waals surface area contributed by atoms with Crippen LogP contribution in [0.1, 0.15) is 36.2 Å². The lowest BCUT2D eigenvalue weighted by Crippen LogP contribution is -2.36. The Bertz CT molecular complexity index is 356. The van der Waals surface area contributed by atoms with E-state index in [1.54, 1.807) is 0 Å². The quantitative estimate of drug-likeness (QED) is 0.663. The molecule has 16 heavy (non-hydrogen) atoms. The van der Waals surface area contributed by atoms with Crippen molar-refractivity contribution >= 4 is 5.91 Å². The van der Waals surface area contributed by atoms with Gasteiger partial charge in [-0.15, -0.1) is 5.10 Å². The lowest BCUT2D eigenvalue weighted by atomic mass is 10.2. The maximum absolute atomic E-state index is 11.7. The van der Waals surface area contributed by atoms with Gasteiger partial charge in [0.2, 0.25) is 5.82 Å². The predicted octanol–water partition coefficient (Wildman–Crippen LogP) is -0.151. The third kappa shape index (κ3) is 2.57. The van der Waals surface area contributed by atoms with Crippen molar-refractivity contribution in [2.45, 2.75) is 32.2 Å². The van der Waals surface area contributed by atoms with Gasteiger partial charge in [-0.2, -0.15) is 0 Å². The highest BCUT2D eigenvalue weighted by atomic mass is 16.2. The minimum Gasteiger partial charge on any atom is -0.345 e. The number of hydrogen-bond acceptors (Lipinski definition) is 4. The Morgan fingerprint density at radius 3 is 3.19 bits per heavy atom. The number of nitrogens with zero attached hydrogens (tertiary/aromatic N) is 2. The number of hydrogen-bond donors (Lipinski definition) is 3. The smallest absolute Gasteiger partial charge is 0.291 e. The van der Waals surface area contributed by atoms with Gasteiger partial charge in [0.15, 0.2) is 0 Å². The lowest BCUT2D eigenvalue weighted by molar-refractivity contribution is 0.0930. The van der Waals surface area contributed by atoms with E-state index in [9.17, 15) is 4.79 Å². The molecule has 2 rings (SSSR count). The van der Waals surface area contributed by atoms with E-state index >= 15 is 0 Å². The number of H-pyrrole nitrogens is 1. The van der Waals surface area contributed by atoms with Crippen molar-refractivity contribution in [3.63, 3.8) is 0 Å². The van der Waals surface area contributed by atoms with E-state index in [-0.39, 0.29) is 17.8 Å². The predicted molar refractivity (Wildman–Crippen MR) is 59.1 cm³/mol. The zero-order chi connectivity index (χ0) is 11.4. The lowest BCUT2D eigenvalue weighted by Gasteiger charge is -2.08. The largest absolute Gasteiger partial charge is 0.345 e. The number of carbonyl (C=O) groups is 1. The summed E-state index contributed by atoms with van der Waals surface area (Å²) in [6, 6.07) is 0.209. The van der Waals surface area contributed by atoms with E-state index in [4.69, 9.17) is 0 Å². The highest BCUT2D eigenvalue weighted by Gasteiger charge is 2.19. The number of rotatable bonds is 4. The first-order valence-corrected chi connectivity index (χ1v) is 5.72. The normalized spacial score (nSPS) is 19.9. The Hall–Kier alpha value is -1.43. The van der Waals surface area contributed by atoms with Gasteiger partial charge in [-0.1, -0.05) is 6.92 Å². The summed E-state index contributed by atoms with van der Waals surface area (Å²) in [5.74, 6) is 0.833. The van der Waals surface area contributed by atoms with Crippen LogP contribution in [0.5, 0.6) is 0 Å². The monoisotopic (exact) mass is 223 g/mol. The molecule has 1 amide bonds. The molecular formula is C10H17N5O. The second-order valence-corrected chi connectivity index (χ2v) is 4.02. The van der Waals surface area contributed by atoms with Crippen LogP contribution in [0.2, 0.25) is 0 Å². The molecular weight excluding hydrogens is 206 g/mol. The summed E-state index contributed by atoms with van der Waals surface area (Å²) in [4.78, 5) is 15.9. The third-order valence-electron chi connectivity index (χ3n) is 2.62. The zero-order valence-corrected chi connectivity index (χ0v) is 9.42. The molecule has 0 unspecified atom stereocenters. The first kappa shape index (κ1) is 11.1. The molecule has 0 bridgehead atoms. The van der Waals surface area contributed by atoms with Crippen LogP contribution in [-0.4, -0.2) is 40.2 Å². The molecule has 88 valence electrons. The Kier molecular flexibility index (Phi) is 3.51. The molecule has 1 fully saturated rings. The van der Waals surface area contributed by atoms with Crippen molar-refractivity contribution in [2.24, 2.45) is 0 Å². The summed E-state index contributed by atoms with van der Waals surface area (Å²) in [5, 5.41) is 12.8. The molecule has 3 N–H and O–H groups in total. The highest BCUT2D eigenvalue weighted by molar-refractivity contribution is 5.90. The molecule has 1 aromatic rings. The summed E-state index contributed by atoms with van der Waals surface area (Å²) < 4.78 is 0. The number of carbonyl (C=O) groups excluding carboxylic acids is 1. The molecule has 6 nitrogen and oxygen atoms in total. The van der Waals surface area contributed by atoms with Gasteiger partial charge in [0.05, 0.1) is 0 Å². The highest BCUT2D eigenvalue weighted by Crippen LogP contribution is 2.00. The fraction of sp³-hybridized carbons (Fsp3) is 0.700. The Morgan fingerprint density at radius 2 is 2.50 bits per heavy atom. The van der Waals surface area contributed by atoms with Crippen molar-refractivity contribution < 1.29 is 4.79 Å². The Morgan fingerprint density at radius 1 is 1.62 bits per heavy atom. The van der Waals surface area contributed by atoms with Crippen LogP contribution in [0.3, 0.4) is 0 Å². The Labute approximate surface area is 94.2 Å². The van der Waals surface area contributed by atoms with E-state index in [2.05, 4.69) is 32.7 Å². The number of nitrogens with one attached hydrogen (secondary N) is 3. The van der Waals surface area contributed by atoms with Crippen molar-refractivity contribution in [1.29, 1.82) is 0 Å². The minimum atomic E-state index is -0.188. The molecule has 0 aromatic carbocycles. The number of aromatic amines is 1. The van der Waals surface area contributed by atoms with E-state index < -0.39 is 0 Å².